The van der Waals surface area contributed by atoms with E-state index in [1.807, 2.05) is 0 Å². The summed E-state index contributed by atoms with van der Waals surface area (Å²) >= 11 is 0. The van der Waals surface area contributed by atoms with Crippen molar-refractivity contribution in [3.05, 3.63) is 0 Å². The first kappa shape index (κ1) is 14.0. The highest BCUT2D eigenvalue weighted by molar-refractivity contribution is 5.82. The Balaban J connectivity index is 2.21. The summed E-state index contributed by atoms with van der Waals surface area (Å²) < 4.78 is 0. The molecule has 1 unspecified atom stereocenters. The lowest BCUT2D eigenvalue weighted by molar-refractivity contribution is -0.128. The first-order chi connectivity index (χ1) is 8.11. The van der Waals surface area contributed by atoms with Crippen LogP contribution in [0.4, 0.5) is 0 Å². The molecule has 1 saturated heterocycles. The standard InChI is InChI=1S/C12H23N3O2/c1-15(2)11(16)7-9-14-12(17)10-6-4-3-5-8-13-10/h10,13H,3-9H2,1-2H3,(H,14,17). The molecule has 0 aliphatic carbocycles. The van der Waals surface area contributed by atoms with E-state index in [1.54, 1.807) is 14.1 Å². The van der Waals surface area contributed by atoms with Crippen LogP contribution < -0.4 is 10.6 Å². The van der Waals surface area contributed by atoms with Crippen LogP contribution in [0.3, 0.4) is 0 Å². The molecule has 1 aliphatic heterocycles. The summed E-state index contributed by atoms with van der Waals surface area (Å²) in [6.07, 6.45) is 4.69. The molecule has 2 N–H and O–H groups in total. The van der Waals surface area contributed by atoms with E-state index in [9.17, 15) is 9.59 Å². The van der Waals surface area contributed by atoms with Crippen LogP contribution in [0.2, 0.25) is 0 Å². The molecule has 0 radical (unpaired) electrons. The van der Waals surface area contributed by atoms with Crippen molar-refractivity contribution in [2.24, 2.45) is 0 Å². The molecule has 0 spiro atoms. The lowest BCUT2D eigenvalue weighted by Gasteiger charge is -2.16. The molecule has 1 atom stereocenters. The molecular formula is C12H23N3O2. The zero-order valence-electron chi connectivity index (χ0n) is 10.8. The predicted molar refractivity (Wildman–Crippen MR) is 66.6 cm³/mol. The molecule has 1 heterocycles. The largest absolute Gasteiger partial charge is 0.354 e. The fraction of sp³-hybridized carbons (Fsp3) is 0.833. The molecule has 0 saturated carbocycles. The molecule has 1 fully saturated rings. The summed E-state index contributed by atoms with van der Waals surface area (Å²) in [5.41, 5.74) is 0. The molecule has 0 bridgehead atoms. The molecule has 2 amide bonds. The highest BCUT2D eigenvalue weighted by Crippen LogP contribution is 2.08. The van der Waals surface area contributed by atoms with Crippen molar-refractivity contribution < 1.29 is 9.59 Å². The van der Waals surface area contributed by atoms with Crippen LogP contribution in [0, 0.1) is 0 Å². The fourth-order valence-electron chi connectivity index (χ4n) is 1.89. The maximum Gasteiger partial charge on any atom is 0.237 e. The normalized spacial score (nSPS) is 20.5. The summed E-state index contributed by atoms with van der Waals surface area (Å²) in [5, 5.41) is 6.05. The second-order valence-corrected chi connectivity index (χ2v) is 4.69. The van der Waals surface area contributed by atoms with Gasteiger partial charge in [-0.15, -0.1) is 0 Å². The minimum absolute atomic E-state index is 0.0263. The van der Waals surface area contributed by atoms with Crippen LogP contribution in [-0.4, -0.2) is 49.9 Å². The summed E-state index contributed by atoms with van der Waals surface area (Å²) in [6, 6.07) is -0.0769. The van der Waals surface area contributed by atoms with Gasteiger partial charge in [0.25, 0.3) is 0 Å². The predicted octanol–water partition coefficient (Wildman–Crippen LogP) is 0.113. The summed E-state index contributed by atoms with van der Waals surface area (Å²) in [7, 11) is 3.44. The Kier molecular flexibility index (Phi) is 5.97. The van der Waals surface area contributed by atoms with E-state index in [2.05, 4.69) is 10.6 Å². The lowest BCUT2D eigenvalue weighted by Crippen LogP contribution is -2.44. The van der Waals surface area contributed by atoms with Crippen LogP contribution >= 0.6 is 0 Å². The Labute approximate surface area is 103 Å². The van der Waals surface area contributed by atoms with E-state index in [4.69, 9.17) is 0 Å². The first-order valence-electron chi connectivity index (χ1n) is 6.32. The zero-order valence-corrected chi connectivity index (χ0v) is 10.8. The van der Waals surface area contributed by atoms with Crippen molar-refractivity contribution in [3.63, 3.8) is 0 Å². The maximum atomic E-state index is 11.8. The average molecular weight is 241 g/mol. The van der Waals surface area contributed by atoms with Crippen molar-refractivity contribution in [1.29, 1.82) is 0 Å². The van der Waals surface area contributed by atoms with Gasteiger partial charge < -0.3 is 15.5 Å². The van der Waals surface area contributed by atoms with Gasteiger partial charge in [0.1, 0.15) is 0 Å². The smallest absolute Gasteiger partial charge is 0.237 e. The molecular weight excluding hydrogens is 218 g/mol. The van der Waals surface area contributed by atoms with Crippen molar-refractivity contribution in [1.82, 2.24) is 15.5 Å². The summed E-state index contributed by atoms with van der Waals surface area (Å²) in [6.45, 7) is 1.34. The van der Waals surface area contributed by atoms with E-state index in [0.29, 0.717) is 13.0 Å². The van der Waals surface area contributed by atoms with Gasteiger partial charge in [-0.2, -0.15) is 0 Å². The Morgan fingerprint density at radius 2 is 2.06 bits per heavy atom. The van der Waals surface area contributed by atoms with Gasteiger partial charge in [-0.1, -0.05) is 12.8 Å². The van der Waals surface area contributed by atoms with Gasteiger partial charge in [-0.25, -0.2) is 0 Å². The second-order valence-electron chi connectivity index (χ2n) is 4.69. The number of carbonyl (C=O) groups excluding carboxylic acids is 2. The molecule has 5 heteroatoms. The van der Waals surface area contributed by atoms with Crippen LogP contribution in [0.1, 0.15) is 32.1 Å². The SMILES string of the molecule is CN(C)C(=O)CCNC(=O)C1CCCCCN1. The van der Waals surface area contributed by atoms with Crippen molar-refractivity contribution >= 4 is 11.8 Å². The quantitative estimate of drug-likeness (QED) is 0.734. The van der Waals surface area contributed by atoms with E-state index in [1.165, 1.54) is 11.3 Å². The Bertz CT molecular complexity index is 258. The average Bonchev–Trinajstić information content (AvgIpc) is 2.57. The minimum Gasteiger partial charge on any atom is -0.354 e. The topological polar surface area (TPSA) is 61.4 Å². The van der Waals surface area contributed by atoms with E-state index in [-0.39, 0.29) is 17.9 Å². The molecule has 17 heavy (non-hydrogen) atoms. The van der Waals surface area contributed by atoms with Crippen molar-refractivity contribution in [3.8, 4) is 0 Å². The molecule has 0 aromatic heterocycles. The van der Waals surface area contributed by atoms with Crippen LogP contribution in [-0.2, 0) is 9.59 Å². The monoisotopic (exact) mass is 241 g/mol. The third-order valence-corrected chi connectivity index (χ3v) is 3.01. The summed E-state index contributed by atoms with van der Waals surface area (Å²) in [4.78, 5) is 24.7. The number of nitrogens with zero attached hydrogens (tertiary/aromatic N) is 1. The number of nitrogens with one attached hydrogen (secondary N) is 2. The van der Waals surface area contributed by atoms with Crippen LogP contribution in [0.15, 0.2) is 0 Å². The molecule has 1 rings (SSSR count). The lowest BCUT2D eigenvalue weighted by atomic mass is 10.1. The minimum atomic E-state index is -0.0769. The number of hydrogen-bond acceptors (Lipinski definition) is 3. The Morgan fingerprint density at radius 3 is 2.76 bits per heavy atom. The van der Waals surface area contributed by atoms with Crippen LogP contribution in [0.5, 0.6) is 0 Å². The van der Waals surface area contributed by atoms with Crippen molar-refractivity contribution in [2.45, 2.75) is 38.1 Å². The number of hydrogen-bond donors (Lipinski definition) is 2. The van der Waals surface area contributed by atoms with E-state index >= 15 is 0 Å². The van der Waals surface area contributed by atoms with Crippen LogP contribution in [0.25, 0.3) is 0 Å². The van der Waals surface area contributed by atoms with Gasteiger partial charge in [-0.05, 0) is 19.4 Å². The van der Waals surface area contributed by atoms with Gasteiger partial charge in [0.15, 0.2) is 0 Å². The molecule has 0 aromatic rings. The molecule has 5 nitrogen and oxygen atoms in total. The maximum absolute atomic E-state index is 11.8. The molecule has 98 valence electrons. The number of amides is 2. The highest BCUT2D eigenvalue weighted by atomic mass is 16.2. The van der Waals surface area contributed by atoms with Gasteiger partial charge in [-0.3, -0.25) is 9.59 Å². The first-order valence-corrected chi connectivity index (χ1v) is 6.32. The fourth-order valence-corrected chi connectivity index (χ4v) is 1.89. The number of carbonyl (C=O) groups is 2. The van der Waals surface area contributed by atoms with Gasteiger partial charge in [0.05, 0.1) is 6.04 Å². The van der Waals surface area contributed by atoms with Gasteiger partial charge >= 0.3 is 0 Å². The van der Waals surface area contributed by atoms with Gasteiger partial charge in [0, 0.05) is 27.1 Å². The van der Waals surface area contributed by atoms with E-state index in [0.717, 1.165) is 25.8 Å². The number of rotatable bonds is 4. The summed E-state index contributed by atoms with van der Waals surface area (Å²) in [5.74, 6) is 0.0672. The third kappa shape index (κ3) is 5.17. The zero-order chi connectivity index (χ0) is 12.7. The Morgan fingerprint density at radius 1 is 1.29 bits per heavy atom. The van der Waals surface area contributed by atoms with Gasteiger partial charge in [0.2, 0.25) is 11.8 Å². The van der Waals surface area contributed by atoms with Crippen molar-refractivity contribution in [2.75, 3.05) is 27.2 Å². The third-order valence-electron chi connectivity index (χ3n) is 3.01. The molecule has 0 aromatic carbocycles. The van der Waals surface area contributed by atoms with E-state index < -0.39 is 0 Å². The second kappa shape index (κ2) is 7.27. The Hall–Kier alpha value is -1.10. The molecule has 1 aliphatic rings. The highest BCUT2D eigenvalue weighted by Gasteiger charge is 2.19.